The molecule has 2 N–H and O–H groups in total. The highest BCUT2D eigenvalue weighted by Crippen LogP contribution is 2.26. The first-order valence-corrected chi connectivity index (χ1v) is 9.45. The van der Waals surface area contributed by atoms with E-state index in [4.69, 9.17) is 0 Å². The van der Waals surface area contributed by atoms with Crippen molar-refractivity contribution < 1.29 is 18.0 Å². The number of likely N-dealkylation sites (tertiary alicyclic amines) is 1. The molecule has 150 valence electrons. The van der Waals surface area contributed by atoms with Gasteiger partial charge in [-0.1, -0.05) is 30.3 Å². The highest BCUT2D eigenvalue weighted by Gasteiger charge is 2.46. The molecule has 0 saturated carbocycles. The van der Waals surface area contributed by atoms with Gasteiger partial charge in [-0.15, -0.1) is 0 Å². The van der Waals surface area contributed by atoms with Crippen molar-refractivity contribution in [2.75, 3.05) is 26.7 Å². The van der Waals surface area contributed by atoms with Crippen LogP contribution in [0.25, 0.3) is 0 Å². The predicted molar refractivity (Wildman–Crippen MR) is 96.9 cm³/mol. The average Bonchev–Trinajstić information content (AvgIpc) is 3.17. The summed E-state index contributed by atoms with van der Waals surface area (Å²) in [6, 6.07) is 7.79. The minimum atomic E-state index is -4.35. The maximum atomic E-state index is 12.8. The summed E-state index contributed by atoms with van der Waals surface area (Å²) in [5, 5.41) is 0. The summed E-state index contributed by atoms with van der Waals surface area (Å²) < 4.78 is 38.4. The molecule has 0 radical (unpaired) electrons. The normalized spacial score (nSPS) is 26.9. The van der Waals surface area contributed by atoms with Crippen LogP contribution < -0.4 is 10.9 Å². The Morgan fingerprint density at radius 3 is 2.67 bits per heavy atom. The van der Waals surface area contributed by atoms with Gasteiger partial charge in [0.15, 0.2) is 0 Å². The molecule has 0 aliphatic carbocycles. The van der Waals surface area contributed by atoms with Crippen LogP contribution in [0.3, 0.4) is 0 Å². The van der Waals surface area contributed by atoms with E-state index in [1.54, 1.807) is 11.9 Å². The fourth-order valence-corrected chi connectivity index (χ4v) is 3.84. The summed E-state index contributed by atoms with van der Waals surface area (Å²) >= 11 is 0. The molecule has 1 amide bonds. The molecule has 1 aromatic carbocycles. The Bertz CT molecular complexity index is 625. The van der Waals surface area contributed by atoms with Crippen molar-refractivity contribution in [1.29, 1.82) is 0 Å². The van der Waals surface area contributed by atoms with E-state index < -0.39 is 18.3 Å². The van der Waals surface area contributed by atoms with Crippen molar-refractivity contribution in [1.82, 2.24) is 20.7 Å². The number of nitrogens with one attached hydrogen (secondary N) is 2. The van der Waals surface area contributed by atoms with Crippen molar-refractivity contribution in [2.24, 2.45) is 0 Å². The third kappa shape index (κ3) is 5.21. The number of hydrogen-bond acceptors (Lipinski definition) is 4. The van der Waals surface area contributed by atoms with Gasteiger partial charge < -0.3 is 9.80 Å². The molecule has 0 bridgehead atoms. The predicted octanol–water partition coefficient (Wildman–Crippen LogP) is 1.95. The summed E-state index contributed by atoms with van der Waals surface area (Å²) in [6.07, 6.45) is -1.80. The molecule has 3 atom stereocenters. The summed E-state index contributed by atoms with van der Waals surface area (Å²) in [6.45, 7) is 2.67. The Balaban J connectivity index is 1.50. The number of amides is 1. The zero-order chi connectivity index (χ0) is 19.4. The number of rotatable bonds is 5. The number of hydrogen-bond donors (Lipinski definition) is 2. The van der Waals surface area contributed by atoms with Gasteiger partial charge in [-0.05, 0) is 37.8 Å². The first-order chi connectivity index (χ1) is 12.8. The summed E-state index contributed by atoms with van der Waals surface area (Å²) in [7, 11) is 1.70. The van der Waals surface area contributed by atoms with Crippen LogP contribution in [0.4, 0.5) is 13.2 Å². The molecule has 0 aromatic heterocycles. The van der Waals surface area contributed by atoms with Crippen molar-refractivity contribution in [3.05, 3.63) is 35.9 Å². The van der Waals surface area contributed by atoms with Gasteiger partial charge in [0.25, 0.3) is 0 Å². The minimum Gasteiger partial charge on any atom is -0.340 e. The summed E-state index contributed by atoms with van der Waals surface area (Å²) in [5.74, 6) is -0.274. The maximum absolute atomic E-state index is 12.8. The Kier molecular flexibility index (Phi) is 6.39. The van der Waals surface area contributed by atoms with Gasteiger partial charge in [0, 0.05) is 26.2 Å². The van der Waals surface area contributed by atoms with E-state index in [1.807, 2.05) is 18.2 Å². The molecule has 8 heteroatoms. The molecule has 2 aliphatic rings. The number of nitrogens with zero attached hydrogens (tertiary/aromatic N) is 2. The van der Waals surface area contributed by atoms with Gasteiger partial charge in [-0.2, -0.15) is 13.2 Å². The van der Waals surface area contributed by atoms with Gasteiger partial charge in [0.1, 0.15) is 12.1 Å². The van der Waals surface area contributed by atoms with E-state index in [-0.39, 0.29) is 18.4 Å². The lowest BCUT2D eigenvalue weighted by Gasteiger charge is -2.38. The van der Waals surface area contributed by atoms with Gasteiger partial charge in [-0.3, -0.25) is 4.79 Å². The molecule has 2 heterocycles. The molecular weight excluding hydrogens is 357 g/mol. The fraction of sp³-hybridized carbons (Fsp3) is 0.632. The number of benzene rings is 1. The number of halogens is 3. The minimum absolute atomic E-state index is 0.0359. The quantitative estimate of drug-likeness (QED) is 0.815. The second kappa shape index (κ2) is 8.58. The monoisotopic (exact) mass is 384 g/mol. The van der Waals surface area contributed by atoms with Crippen LogP contribution in [0.2, 0.25) is 0 Å². The third-order valence-electron chi connectivity index (χ3n) is 5.53. The first-order valence-electron chi connectivity index (χ1n) is 9.45. The molecule has 2 fully saturated rings. The largest absolute Gasteiger partial charge is 0.405 e. The number of likely N-dealkylation sites (N-methyl/N-ethyl adjacent to an activating group) is 1. The van der Waals surface area contributed by atoms with E-state index >= 15 is 0 Å². The van der Waals surface area contributed by atoms with Gasteiger partial charge in [0.05, 0.1) is 0 Å². The van der Waals surface area contributed by atoms with E-state index in [1.165, 1.54) is 5.56 Å². The number of carbonyl (C=O) groups is 1. The molecule has 27 heavy (non-hydrogen) atoms. The van der Waals surface area contributed by atoms with E-state index in [0.29, 0.717) is 0 Å². The number of piperidine rings is 1. The Morgan fingerprint density at radius 2 is 2.00 bits per heavy atom. The third-order valence-corrected chi connectivity index (χ3v) is 5.53. The Hall–Kier alpha value is -1.64. The zero-order valence-corrected chi connectivity index (χ0v) is 15.5. The van der Waals surface area contributed by atoms with Crippen LogP contribution in [0.15, 0.2) is 30.3 Å². The highest BCUT2D eigenvalue weighted by molar-refractivity contribution is 5.82. The van der Waals surface area contributed by atoms with Crippen molar-refractivity contribution >= 4 is 5.91 Å². The SMILES string of the molecule is CN(C(=O)C1CC(C(F)(F)F)NN1)C1CCCN(CCc2ccccc2)C1. The average molecular weight is 384 g/mol. The first kappa shape index (κ1) is 20.1. The topological polar surface area (TPSA) is 47.6 Å². The number of carbonyl (C=O) groups excluding carboxylic acids is 1. The molecule has 1 aromatic rings. The van der Waals surface area contributed by atoms with Crippen LogP contribution in [0.1, 0.15) is 24.8 Å². The molecule has 2 aliphatic heterocycles. The Morgan fingerprint density at radius 1 is 1.26 bits per heavy atom. The highest BCUT2D eigenvalue weighted by atomic mass is 19.4. The molecule has 2 saturated heterocycles. The van der Waals surface area contributed by atoms with Gasteiger partial charge in [-0.25, -0.2) is 10.9 Å². The summed E-state index contributed by atoms with van der Waals surface area (Å²) in [4.78, 5) is 16.6. The zero-order valence-electron chi connectivity index (χ0n) is 15.5. The number of alkyl halides is 3. The fourth-order valence-electron chi connectivity index (χ4n) is 3.84. The smallest absolute Gasteiger partial charge is 0.340 e. The van der Waals surface area contributed by atoms with Crippen molar-refractivity contribution in [3.63, 3.8) is 0 Å². The molecule has 3 unspecified atom stereocenters. The van der Waals surface area contributed by atoms with Crippen molar-refractivity contribution in [2.45, 2.75) is 50.0 Å². The lowest BCUT2D eigenvalue weighted by molar-refractivity contribution is -0.153. The van der Waals surface area contributed by atoms with Crippen molar-refractivity contribution in [3.8, 4) is 0 Å². The van der Waals surface area contributed by atoms with Crippen LogP contribution in [0, 0.1) is 0 Å². The second-order valence-corrected chi connectivity index (χ2v) is 7.45. The number of hydrazine groups is 1. The van der Waals surface area contributed by atoms with Crippen LogP contribution in [-0.2, 0) is 11.2 Å². The van der Waals surface area contributed by atoms with E-state index in [2.05, 4.69) is 27.9 Å². The molecule has 5 nitrogen and oxygen atoms in total. The van der Waals surface area contributed by atoms with Gasteiger partial charge in [0.2, 0.25) is 5.91 Å². The molecule has 0 spiro atoms. The van der Waals surface area contributed by atoms with Crippen LogP contribution in [-0.4, -0.2) is 66.7 Å². The maximum Gasteiger partial charge on any atom is 0.405 e. The lowest BCUT2D eigenvalue weighted by Crippen LogP contribution is -2.53. The Labute approximate surface area is 157 Å². The standard InChI is InChI=1S/C19H27F3N4O/c1-25(18(27)16-12-17(24-23-16)19(20,21)22)15-8-5-10-26(13-15)11-9-14-6-3-2-4-7-14/h2-4,6-7,15-17,23-24H,5,8-13H2,1H3. The van der Waals surface area contributed by atoms with E-state index in [0.717, 1.165) is 38.9 Å². The second-order valence-electron chi connectivity index (χ2n) is 7.45. The van der Waals surface area contributed by atoms with E-state index in [9.17, 15) is 18.0 Å². The molecular formula is C19H27F3N4O. The lowest BCUT2D eigenvalue weighted by atomic mass is 10.0. The molecule has 3 rings (SSSR count). The van der Waals surface area contributed by atoms with Crippen LogP contribution in [0.5, 0.6) is 0 Å². The van der Waals surface area contributed by atoms with Crippen LogP contribution >= 0.6 is 0 Å². The van der Waals surface area contributed by atoms with Gasteiger partial charge >= 0.3 is 6.18 Å². The summed E-state index contributed by atoms with van der Waals surface area (Å²) in [5.41, 5.74) is 6.00.